The lowest BCUT2D eigenvalue weighted by atomic mass is 9.93. The number of carbonyl (C=O) groups excluding carboxylic acids is 1. The van der Waals surface area contributed by atoms with Crippen molar-refractivity contribution in [1.29, 1.82) is 0 Å². The number of rotatable bonds is 6. The van der Waals surface area contributed by atoms with Crippen molar-refractivity contribution in [3.8, 4) is 0 Å². The summed E-state index contributed by atoms with van der Waals surface area (Å²) in [7, 11) is 0. The monoisotopic (exact) mass is 330 g/mol. The lowest BCUT2D eigenvalue weighted by molar-refractivity contribution is -0.135. The van der Waals surface area contributed by atoms with E-state index in [2.05, 4.69) is 40.5 Å². The molecule has 2 fully saturated rings. The predicted molar refractivity (Wildman–Crippen MR) is 95.7 cm³/mol. The van der Waals surface area contributed by atoms with Crippen LogP contribution in [0.3, 0.4) is 0 Å². The first-order valence-corrected chi connectivity index (χ1v) is 9.47. The highest BCUT2D eigenvalue weighted by Crippen LogP contribution is 2.21. The van der Waals surface area contributed by atoms with E-state index in [0.29, 0.717) is 0 Å². The van der Waals surface area contributed by atoms with Gasteiger partial charge in [-0.15, -0.1) is 0 Å². The van der Waals surface area contributed by atoms with Gasteiger partial charge in [0.15, 0.2) is 0 Å². The molecule has 2 saturated heterocycles. The molecule has 1 N–H and O–H groups in total. The van der Waals surface area contributed by atoms with Gasteiger partial charge in [-0.3, -0.25) is 9.69 Å². The Kier molecular flexibility index (Phi) is 6.67. The van der Waals surface area contributed by atoms with Crippen LogP contribution in [0.5, 0.6) is 0 Å². The van der Waals surface area contributed by atoms with E-state index >= 15 is 0 Å². The summed E-state index contributed by atoms with van der Waals surface area (Å²) in [4.78, 5) is 14.6. The van der Waals surface area contributed by atoms with Crippen LogP contribution < -0.4 is 5.32 Å². The van der Waals surface area contributed by atoms with E-state index in [9.17, 15) is 4.79 Å². The summed E-state index contributed by atoms with van der Waals surface area (Å²) >= 11 is 0. The summed E-state index contributed by atoms with van der Waals surface area (Å²) in [5, 5.41) is 3.07. The Morgan fingerprint density at radius 3 is 2.62 bits per heavy atom. The maximum Gasteiger partial charge on any atom is 0.249 e. The predicted octanol–water partition coefficient (Wildman–Crippen LogP) is 2.97. The molecule has 0 bridgehead atoms. The van der Waals surface area contributed by atoms with Crippen molar-refractivity contribution in [1.82, 2.24) is 10.2 Å². The highest BCUT2D eigenvalue weighted by molar-refractivity contribution is 5.80. The number of hydrogen-bond donors (Lipinski definition) is 1. The molecule has 0 radical (unpaired) electrons. The molecular weight excluding hydrogens is 300 g/mol. The normalized spacial score (nSPS) is 23.1. The summed E-state index contributed by atoms with van der Waals surface area (Å²) in [5.74, 6) is 0.834. The number of carbonyl (C=O) groups is 1. The van der Waals surface area contributed by atoms with Gasteiger partial charge in [0.1, 0.15) is 6.10 Å². The number of ether oxygens (including phenoxy) is 1. The van der Waals surface area contributed by atoms with E-state index in [1.54, 1.807) is 0 Å². The van der Waals surface area contributed by atoms with E-state index in [0.717, 1.165) is 51.3 Å². The van der Waals surface area contributed by atoms with Crippen molar-refractivity contribution in [3.05, 3.63) is 35.9 Å². The first-order chi connectivity index (χ1) is 11.8. The molecule has 1 aromatic rings. The summed E-state index contributed by atoms with van der Waals surface area (Å²) in [6.45, 7) is 4.92. The summed E-state index contributed by atoms with van der Waals surface area (Å²) < 4.78 is 5.53. The molecule has 1 atom stereocenters. The maximum atomic E-state index is 12.1. The van der Waals surface area contributed by atoms with Crippen LogP contribution in [0.2, 0.25) is 0 Å². The van der Waals surface area contributed by atoms with Crippen molar-refractivity contribution < 1.29 is 9.53 Å². The first kappa shape index (κ1) is 17.4. The molecule has 4 nitrogen and oxygen atoms in total. The minimum absolute atomic E-state index is 0.0937. The van der Waals surface area contributed by atoms with Gasteiger partial charge in [0.05, 0.1) is 0 Å². The summed E-state index contributed by atoms with van der Waals surface area (Å²) in [5.41, 5.74) is 1.40. The van der Waals surface area contributed by atoms with Crippen LogP contribution in [0.1, 0.15) is 44.1 Å². The Morgan fingerprint density at radius 1 is 1.12 bits per heavy atom. The maximum absolute atomic E-state index is 12.1. The smallest absolute Gasteiger partial charge is 0.249 e. The van der Waals surface area contributed by atoms with Crippen LogP contribution in [0.15, 0.2) is 30.3 Å². The number of likely N-dealkylation sites (tertiary alicyclic amines) is 1. The topological polar surface area (TPSA) is 41.6 Å². The Balaban J connectivity index is 1.30. The molecular formula is C20H30N2O2. The largest absolute Gasteiger partial charge is 0.368 e. The molecule has 0 aliphatic carbocycles. The first-order valence-electron chi connectivity index (χ1n) is 9.47. The van der Waals surface area contributed by atoms with Crippen molar-refractivity contribution in [2.75, 3.05) is 26.2 Å². The van der Waals surface area contributed by atoms with E-state index in [1.165, 1.54) is 31.5 Å². The number of nitrogens with zero attached hydrogens (tertiary/aromatic N) is 1. The van der Waals surface area contributed by atoms with Gasteiger partial charge in [-0.2, -0.15) is 0 Å². The van der Waals surface area contributed by atoms with Crippen LogP contribution in [-0.4, -0.2) is 43.2 Å². The Hall–Kier alpha value is -1.39. The fourth-order valence-corrected chi connectivity index (χ4v) is 3.74. The molecule has 0 aromatic heterocycles. The molecule has 3 rings (SSSR count). The Morgan fingerprint density at radius 2 is 1.92 bits per heavy atom. The fourth-order valence-electron chi connectivity index (χ4n) is 3.74. The van der Waals surface area contributed by atoms with Crippen LogP contribution in [0.4, 0.5) is 0 Å². The second-order valence-corrected chi connectivity index (χ2v) is 7.14. The van der Waals surface area contributed by atoms with Gasteiger partial charge in [0.2, 0.25) is 5.91 Å². The molecule has 2 aliphatic rings. The number of benzene rings is 1. The molecule has 1 aromatic carbocycles. The van der Waals surface area contributed by atoms with E-state index in [-0.39, 0.29) is 12.0 Å². The Bertz CT molecular complexity index is 492. The van der Waals surface area contributed by atoms with Crippen LogP contribution >= 0.6 is 0 Å². The minimum Gasteiger partial charge on any atom is -0.368 e. The summed E-state index contributed by atoms with van der Waals surface area (Å²) in [6.07, 6.45) is 6.45. The van der Waals surface area contributed by atoms with Crippen LogP contribution in [0.25, 0.3) is 0 Å². The zero-order chi connectivity index (χ0) is 16.6. The van der Waals surface area contributed by atoms with Gasteiger partial charge in [-0.25, -0.2) is 0 Å². The molecule has 24 heavy (non-hydrogen) atoms. The van der Waals surface area contributed by atoms with Crippen LogP contribution in [-0.2, 0) is 16.1 Å². The molecule has 132 valence electrons. The van der Waals surface area contributed by atoms with Crippen molar-refractivity contribution in [2.24, 2.45) is 5.92 Å². The van der Waals surface area contributed by atoms with Crippen molar-refractivity contribution >= 4 is 5.91 Å². The molecule has 0 saturated carbocycles. The zero-order valence-corrected chi connectivity index (χ0v) is 14.6. The van der Waals surface area contributed by atoms with Gasteiger partial charge in [0.25, 0.3) is 0 Å². The Labute approximate surface area is 145 Å². The molecule has 2 aliphatic heterocycles. The SMILES string of the molecule is O=C(NCCC1CCN(Cc2ccccc2)CC1)C1CCCCO1. The second kappa shape index (κ2) is 9.19. The minimum atomic E-state index is -0.202. The number of piperidine rings is 1. The quantitative estimate of drug-likeness (QED) is 0.872. The number of amides is 1. The van der Waals surface area contributed by atoms with E-state index < -0.39 is 0 Å². The lowest BCUT2D eigenvalue weighted by Gasteiger charge is -2.32. The molecule has 1 unspecified atom stereocenters. The number of hydrogen-bond acceptors (Lipinski definition) is 3. The lowest BCUT2D eigenvalue weighted by Crippen LogP contribution is -2.40. The zero-order valence-electron chi connectivity index (χ0n) is 14.6. The van der Waals surface area contributed by atoms with Gasteiger partial charge >= 0.3 is 0 Å². The van der Waals surface area contributed by atoms with Gasteiger partial charge in [0, 0.05) is 19.7 Å². The fraction of sp³-hybridized carbons (Fsp3) is 0.650. The van der Waals surface area contributed by atoms with E-state index in [1.807, 2.05) is 0 Å². The molecule has 0 spiro atoms. The number of nitrogens with one attached hydrogen (secondary N) is 1. The third-order valence-corrected chi connectivity index (χ3v) is 5.28. The third-order valence-electron chi connectivity index (χ3n) is 5.28. The van der Waals surface area contributed by atoms with E-state index in [4.69, 9.17) is 4.74 Å². The van der Waals surface area contributed by atoms with Crippen molar-refractivity contribution in [3.63, 3.8) is 0 Å². The average molecular weight is 330 g/mol. The third kappa shape index (κ3) is 5.32. The highest BCUT2D eigenvalue weighted by Gasteiger charge is 2.23. The molecule has 1 amide bonds. The second-order valence-electron chi connectivity index (χ2n) is 7.14. The summed E-state index contributed by atoms with van der Waals surface area (Å²) in [6, 6.07) is 10.7. The van der Waals surface area contributed by atoms with Gasteiger partial charge in [-0.1, -0.05) is 30.3 Å². The van der Waals surface area contributed by atoms with Crippen molar-refractivity contribution in [2.45, 2.75) is 51.2 Å². The standard InChI is InChI=1S/C20H30N2O2/c23-20(19-8-4-5-15-24-19)21-12-9-17-10-13-22(14-11-17)16-18-6-2-1-3-7-18/h1-3,6-7,17,19H,4-5,8-16H2,(H,21,23). The highest BCUT2D eigenvalue weighted by atomic mass is 16.5. The molecule has 2 heterocycles. The van der Waals surface area contributed by atoms with Crippen LogP contribution in [0, 0.1) is 5.92 Å². The van der Waals surface area contributed by atoms with Gasteiger partial charge in [-0.05, 0) is 63.1 Å². The van der Waals surface area contributed by atoms with Gasteiger partial charge < -0.3 is 10.1 Å². The molecule has 4 heteroatoms. The average Bonchev–Trinajstić information content (AvgIpc) is 2.65.